The Morgan fingerprint density at radius 3 is 3.13 bits per heavy atom. The van der Waals surface area contributed by atoms with Crippen molar-refractivity contribution in [2.24, 2.45) is 0 Å². The SMILES string of the molecule is Cc1cccnc1CNC1COCC1O. The molecule has 82 valence electrons. The quantitative estimate of drug-likeness (QED) is 0.747. The van der Waals surface area contributed by atoms with E-state index in [1.165, 1.54) is 5.56 Å². The van der Waals surface area contributed by atoms with Gasteiger partial charge in [0.05, 0.1) is 31.1 Å². The predicted octanol–water partition coefficient (Wildman–Crippen LogP) is 0.239. The number of ether oxygens (including phenoxy) is 1. The third kappa shape index (κ3) is 2.53. The van der Waals surface area contributed by atoms with E-state index < -0.39 is 6.10 Å². The van der Waals surface area contributed by atoms with E-state index in [4.69, 9.17) is 4.74 Å². The number of pyridine rings is 1. The average molecular weight is 208 g/mol. The maximum absolute atomic E-state index is 9.53. The van der Waals surface area contributed by atoms with Crippen LogP contribution in [0.5, 0.6) is 0 Å². The molecule has 1 saturated heterocycles. The number of rotatable bonds is 3. The molecule has 1 aliphatic rings. The number of hydrogen-bond donors (Lipinski definition) is 2. The van der Waals surface area contributed by atoms with Gasteiger partial charge in [-0.05, 0) is 18.6 Å². The molecule has 2 rings (SSSR count). The minimum absolute atomic E-state index is 0.0337. The summed E-state index contributed by atoms with van der Waals surface area (Å²) in [5.41, 5.74) is 2.19. The van der Waals surface area contributed by atoms with Gasteiger partial charge in [-0.3, -0.25) is 4.98 Å². The van der Waals surface area contributed by atoms with Crippen molar-refractivity contribution in [1.82, 2.24) is 10.3 Å². The predicted molar refractivity (Wildman–Crippen MR) is 56.4 cm³/mol. The van der Waals surface area contributed by atoms with Crippen molar-refractivity contribution in [1.29, 1.82) is 0 Å². The van der Waals surface area contributed by atoms with Crippen LogP contribution in [-0.2, 0) is 11.3 Å². The Morgan fingerprint density at radius 1 is 1.60 bits per heavy atom. The Morgan fingerprint density at radius 2 is 2.47 bits per heavy atom. The highest BCUT2D eigenvalue weighted by Gasteiger charge is 2.25. The Kier molecular flexibility index (Phi) is 3.30. The molecule has 0 bridgehead atoms. The van der Waals surface area contributed by atoms with E-state index in [2.05, 4.69) is 10.3 Å². The zero-order valence-corrected chi connectivity index (χ0v) is 8.81. The van der Waals surface area contributed by atoms with Crippen molar-refractivity contribution in [3.63, 3.8) is 0 Å². The Labute approximate surface area is 89.3 Å². The van der Waals surface area contributed by atoms with Crippen LogP contribution < -0.4 is 5.32 Å². The summed E-state index contributed by atoms with van der Waals surface area (Å²) in [6, 6.07) is 3.99. The van der Waals surface area contributed by atoms with E-state index in [9.17, 15) is 5.11 Å². The summed E-state index contributed by atoms with van der Waals surface area (Å²) in [4.78, 5) is 4.28. The van der Waals surface area contributed by atoms with Crippen LogP contribution in [0.2, 0.25) is 0 Å². The second kappa shape index (κ2) is 4.70. The summed E-state index contributed by atoms with van der Waals surface area (Å²) in [5.74, 6) is 0. The minimum Gasteiger partial charge on any atom is -0.389 e. The number of hydrogen-bond acceptors (Lipinski definition) is 4. The summed E-state index contributed by atoms with van der Waals surface area (Å²) >= 11 is 0. The van der Waals surface area contributed by atoms with Gasteiger partial charge in [-0.2, -0.15) is 0 Å². The summed E-state index contributed by atoms with van der Waals surface area (Å²) in [5, 5.41) is 12.8. The Balaban J connectivity index is 1.90. The maximum Gasteiger partial charge on any atom is 0.0948 e. The molecule has 4 heteroatoms. The van der Waals surface area contributed by atoms with Crippen LogP contribution in [0.1, 0.15) is 11.3 Å². The lowest BCUT2D eigenvalue weighted by Crippen LogP contribution is -2.38. The van der Waals surface area contributed by atoms with Gasteiger partial charge in [0.1, 0.15) is 0 Å². The molecule has 0 spiro atoms. The summed E-state index contributed by atoms with van der Waals surface area (Å²) < 4.78 is 5.16. The molecule has 1 fully saturated rings. The van der Waals surface area contributed by atoms with Gasteiger partial charge in [0.25, 0.3) is 0 Å². The highest BCUT2D eigenvalue weighted by atomic mass is 16.5. The van der Waals surface area contributed by atoms with E-state index >= 15 is 0 Å². The van der Waals surface area contributed by atoms with Crippen LogP contribution in [0.15, 0.2) is 18.3 Å². The van der Waals surface area contributed by atoms with Gasteiger partial charge in [0.2, 0.25) is 0 Å². The van der Waals surface area contributed by atoms with Crippen LogP contribution in [0.3, 0.4) is 0 Å². The monoisotopic (exact) mass is 208 g/mol. The van der Waals surface area contributed by atoms with Gasteiger partial charge in [0.15, 0.2) is 0 Å². The van der Waals surface area contributed by atoms with Crippen molar-refractivity contribution >= 4 is 0 Å². The van der Waals surface area contributed by atoms with Crippen molar-refractivity contribution in [2.45, 2.75) is 25.6 Å². The zero-order valence-electron chi connectivity index (χ0n) is 8.81. The fraction of sp³-hybridized carbons (Fsp3) is 0.545. The van der Waals surface area contributed by atoms with E-state index in [0.717, 1.165) is 5.69 Å². The number of nitrogens with zero attached hydrogens (tertiary/aromatic N) is 1. The molecule has 0 amide bonds. The fourth-order valence-corrected chi connectivity index (χ4v) is 1.67. The van der Waals surface area contributed by atoms with Gasteiger partial charge >= 0.3 is 0 Å². The lowest BCUT2D eigenvalue weighted by atomic mass is 10.2. The van der Waals surface area contributed by atoms with Crippen LogP contribution in [0, 0.1) is 6.92 Å². The molecule has 1 aromatic heterocycles. The largest absolute Gasteiger partial charge is 0.389 e. The Bertz CT molecular complexity index is 330. The standard InChI is InChI=1S/C11H16N2O2/c1-8-3-2-4-12-9(8)5-13-10-6-15-7-11(10)14/h2-4,10-11,13-14H,5-7H2,1H3. The lowest BCUT2D eigenvalue weighted by molar-refractivity contribution is 0.122. The number of aryl methyl sites for hydroxylation is 1. The van der Waals surface area contributed by atoms with Gasteiger partial charge < -0.3 is 15.2 Å². The maximum atomic E-state index is 9.53. The van der Waals surface area contributed by atoms with Crippen LogP contribution in [0.4, 0.5) is 0 Å². The summed E-state index contributed by atoms with van der Waals surface area (Å²) in [6.07, 6.45) is 1.39. The second-order valence-electron chi connectivity index (χ2n) is 3.86. The van der Waals surface area contributed by atoms with E-state index in [1.807, 2.05) is 19.1 Å². The number of aliphatic hydroxyl groups is 1. The molecule has 15 heavy (non-hydrogen) atoms. The van der Waals surface area contributed by atoms with Gasteiger partial charge in [-0.1, -0.05) is 6.07 Å². The topological polar surface area (TPSA) is 54.4 Å². The van der Waals surface area contributed by atoms with E-state index in [0.29, 0.717) is 19.8 Å². The third-order valence-electron chi connectivity index (χ3n) is 2.70. The third-order valence-corrected chi connectivity index (χ3v) is 2.70. The Hall–Kier alpha value is -0.970. The first kappa shape index (κ1) is 10.5. The van der Waals surface area contributed by atoms with Gasteiger partial charge in [0, 0.05) is 12.7 Å². The highest BCUT2D eigenvalue weighted by Crippen LogP contribution is 2.07. The molecule has 0 saturated carbocycles. The van der Waals surface area contributed by atoms with Crippen molar-refractivity contribution in [3.05, 3.63) is 29.6 Å². The molecule has 1 aliphatic heterocycles. The molecule has 1 aromatic rings. The number of aromatic nitrogens is 1. The second-order valence-corrected chi connectivity index (χ2v) is 3.86. The molecule has 2 unspecified atom stereocenters. The lowest BCUT2D eigenvalue weighted by Gasteiger charge is -2.14. The fourth-order valence-electron chi connectivity index (χ4n) is 1.67. The highest BCUT2D eigenvalue weighted by molar-refractivity contribution is 5.17. The summed E-state index contributed by atoms with van der Waals surface area (Å²) in [7, 11) is 0. The minimum atomic E-state index is -0.394. The normalized spacial score (nSPS) is 25.7. The van der Waals surface area contributed by atoms with Crippen molar-refractivity contribution in [3.8, 4) is 0 Å². The van der Waals surface area contributed by atoms with E-state index in [1.54, 1.807) is 6.20 Å². The van der Waals surface area contributed by atoms with Gasteiger partial charge in [-0.25, -0.2) is 0 Å². The first-order valence-electron chi connectivity index (χ1n) is 5.17. The first-order valence-corrected chi connectivity index (χ1v) is 5.17. The molecule has 0 aromatic carbocycles. The molecule has 0 aliphatic carbocycles. The van der Waals surface area contributed by atoms with Crippen molar-refractivity contribution in [2.75, 3.05) is 13.2 Å². The van der Waals surface area contributed by atoms with Crippen LogP contribution in [0.25, 0.3) is 0 Å². The molecular formula is C11H16N2O2. The molecule has 2 atom stereocenters. The van der Waals surface area contributed by atoms with Crippen molar-refractivity contribution < 1.29 is 9.84 Å². The molecule has 2 N–H and O–H groups in total. The molecular weight excluding hydrogens is 192 g/mol. The molecule has 0 radical (unpaired) electrons. The molecule has 2 heterocycles. The van der Waals surface area contributed by atoms with Crippen LogP contribution >= 0.6 is 0 Å². The number of aliphatic hydroxyl groups excluding tert-OH is 1. The summed E-state index contributed by atoms with van der Waals surface area (Å²) in [6.45, 7) is 3.72. The zero-order chi connectivity index (χ0) is 10.7. The average Bonchev–Trinajstić information content (AvgIpc) is 2.63. The first-order chi connectivity index (χ1) is 7.27. The van der Waals surface area contributed by atoms with Gasteiger partial charge in [-0.15, -0.1) is 0 Å². The molecule has 4 nitrogen and oxygen atoms in total. The smallest absolute Gasteiger partial charge is 0.0948 e. The number of nitrogens with one attached hydrogen (secondary N) is 1. The van der Waals surface area contributed by atoms with Crippen LogP contribution in [-0.4, -0.2) is 35.5 Å². The van der Waals surface area contributed by atoms with E-state index in [-0.39, 0.29) is 6.04 Å².